The number of nitrogens with one attached hydrogen (secondary N) is 1. The van der Waals surface area contributed by atoms with Gasteiger partial charge in [-0.15, -0.1) is 0 Å². The van der Waals surface area contributed by atoms with Gasteiger partial charge in [-0.3, -0.25) is 4.79 Å². The van der Waals surface area contributed by atoms with Crippen molar-refractivity contribution in [3.8, 4) is 11.5 Å². The van der Waals surface area contributed by atoms with Gasteiger partial charge in [0.05, 0.1) is 0 Å². The number of hydrogen-bond acceptors (Lipinski definition) is 3. The Morgan fingerprint density at radius 2 is 1.86 bits per heavy atom. The van der Waals surface area contributed by atoms with Crippen LogP contribution in [0.5, 0.6) is 11.5 Å². The van der Waals surface area contributed by atoms with E-state index in [1.54, 1.807) is 0 Å². The summed E-state index contributed by atoms with van der Waals surface area (Å²) in [5.74, 6) is -1.52. The summed E-state index contributed by atoms with van der Waals surface area (Å²) in [6.07, 6.45) is 0.483. The second kappa shape index (κ2) is 7.51. The van der Waals surface area contributed by atoms with Gasteiger partial charge in [-0.05, 0) is 42.8 Å². The quantitative estimate of drug-likeness (QED) is 0.807. The smallest absolute Gasteiger partial charge is 0.251 e. The van der Waals surface area contributed by atoms with Crippen LogP contribution in [-0.2, 0) is 0 Å². The van der Waals surface area contributed by atoms with E-state index in [9.17, 15) is 13.6 Å². The molecule has 0 fully saturated rings. The van der Waals surface area contributed by atoms with Crippen molar-refractivity contribution in [1.82, 2.24) is 5.32 Å². The van der Waals surface area contributed by atoms with Crippen molar-refractivity contribution < 1.29 is 23.4 Å². The molecule has 22 heavy (non-hydrogen) atoms. The van der Waals surface area contributed by atoms with Crippen LogP contribution in [0.2, 0.25) is 0 Å². The highest BCUT2D eigenvalue weighted by Gasteiger charge is 2.08. The Hall–Kier alpha value is -2.47. The molecule has 116 valence electrons. The Morgan fingerprint density at radius 3 is 2.50 bits per heavy atom. The monoisotopic (exact) mass is 307 g/mol. The molecule has 0 spiro atoms. The fourth-order valence-electron chi connectivity index (χ4n) is 1.74. The molecule has 0 radical (unpaired) electrons. The molecule has 0 aliphatic rings. The number of ether oxygens (including phenoxy) is 1. The maximum atomic E-state index is 13.5. The first kappa shape index (κ1) is 15.9. The summed E-state index contributed by atoms with van der Waals surface area (Å²) >= 11 is 0. The highest BCUT2D eigenvalue weighted by atomic mass is 19.1. The van der Waals surface area contributed by atoms with Gasteiger partial charge in [-0.2, -0.15) is 0 Å². The van der Waals surface area contributed by atoms with Gasteiger partial charge in [-0.25, -0.2) is 8.78 Å². The molecule has 0 aliphatic carbocycles. The van der Waals surface area contributed by atoms with Gasteiger partial charge < -0.3 is 15.2 Å². The molecule has 0 unspecified atom stereocenters. The minimum absolute atomic E-state index is 0.0102. The lowest BCUT2D eigenvalue weighted by Gasteiger charge is -2.08. The van der Waals surface area contributed by atoms with E-state index in [4.69, 9.17) is 9.84 Å². The second-order valence-electron chi connectivity index (χ2n) is 4.53. The molecular formula is C16H15F2NO3. The Balaban J connectivity index is 2.01. The molecule has 0 saturated heterocycles. The molecular weight excluding hydrogens is 292 g/mol. The van der Waals surface area contributed by atoms with Crippen molar-refractivity contribution >= 4 is 5.91 Å². The van der Waals surface area contributed by atoms with Crippen LogP contribution in [0.1, 0.15) is 16.8 Å². The zero-order chi connectivity index (χ0) is 15.9. The number of carbonyl (C=O) groups is 1. The first-order chi connectivity index (χ1) is 10.6. The summed E-state index contributed by atoms with van der Waals surface area (Å²) < 4.78 is 31.6. The SMILES string of the molecule is O=C(NCCCO)c1ccc(Oc2ccc(F)cc2F)cc1. The van der Waals surface area contributed by atoms with Crippen LogP contribution >= 0.6 is 0 Å². The Labute approximate surface area is 126 Å². The number of rotatable bonds is 6. The fourth-order valence-corrected chi connectivity index (χ4v) is 1.74. The summed E-state index contributed by atoms with van der Waals surface area (Å²) in [7, 11) is 0. The molecule has 0 saturated carbocycles. The maximum Gasteiger partial charge on any atom is 0.251 e. The van der Waals surface area contributed by atoms with Crippen LogP contribution in [-0.4, -0.2) is 24.2 Å². The largest absolute Gasteiger partial charge is 0.454 e. The van der Waals surface area contributed by atoms with Gasteiger partial charge in [-0.1, -0.05) is 0 Å². The highest BCUT2D eigenvalue weighted by molar-refractivity contribution is 5.94. The van der Waals surface area contributed by atoms with Crippen LogP contribution in [0.4, 0.5) is 8.78 Å². The molecule has 0 bridgehead atoms. The van der Waals surface area contributed by atoms with Gasteiger partial charge in [0.2, 0.25) is 0 Å². The third-order valence-corrected chi connectivity index (χ3v) is 2.86. The van der Waals surface area contributed by atoms with Gasteiger partial charge >= 0.3 is 0 Å². The number of halogens is 2. The minimum atomic E-state index is -0.800. The zero-order valence-electron chi connectivity index (χ0n) is 11.7. The van der Waals surface area contributed by atoms with Crippen molar-refractivity contribution in [2.24, 2.45) is 0 Å². The van der Waals surface area contributed by atoms with E-state index in [0.29, 0.717) is 24.3 Å². The van der Waals surface area contributed by atoms with E-state index >= 15 is 0 Å². The molecule has 0 aromatic heterocycles. The van der Waals surface area contributed by atoms with Crippen molar-refractivity contribution in [1.29, 1.82) is 0 Å². The van der Waals surface area contributed by atoms with Crippen molar-refractivity contribution in [2.75, 3.05) is 13.2 Å². The first-order valence-corrected chi connectivity index (χ1v) is 6.72. The van der Waals surface area contributed by atoms with Gasteiger partial charge in [0.25, 0.3) is 5.91 Å². The fraction of sp³-hybridized carbons (Fsp3) is 0.188. The number of aliphatic hydroxyl groups excluding tert-OH is 1. The summed E-state index contributed by atoms with van der Waals surface area (Å²) in [5.41, 5.74) is 0.421. The highest BCUT2D eigenvalue weighted by Crippen LogP contribution is 2.25. The van der Waals surface area contributed by atoms with Crippen molar-refractivity contribution in [3.63, 3.8) is 0 Å². The average molecular weight is 307 g/mol. The van der Waals surface area contributed by atoms with Gasteiger partial charge in [0.15, 0.2) is 11.6 Å². The van der Waals surface area contributed by atoms with Gasteiger partial charge in [0, 0.05) is 24.8 Å². The number of aliphatic hydroxyl groups is 1. The molecule has 2 aromatic carbocycles. The molecule has 4 nitrogen and oxygen atoms in total. The molecule has 6 heteroatoms. The van der Waals surface area contributed by atoms with Crippen LogP contribution in [0.3, 0.4) is 0 Å². The Kier molecular flexibility index (Phi) is 5.43. The maximum absolute atomic E-state index is 13.5. The molecule has 2 N–H and O–H groups in total. The molecule has 0 aliphatic heterocycles. The van der Waals surface area contributed by atoms with Crippen LogP contribution in [0, 0.1) is 11.6 Å². The number of carbonyl (C=O) groups excluding carboxylic acids is 1. The lowest BCUT2D eigenvalue weighted by Crippen LogP contribution is -2.24. The molecule has 1 amide bonds. The summed E-state index contributed by atoms with van der Waals surface area (Å²) in [4.78, 5) is 11.7. The second-order valence-corrected chi connectivity index (χ2v) is 4.53. The van der Waals surface area contributed by atoms with E-state index in [0.717, 1.165) is 12.1 Å². The normalized spacial score (nSPS) is 10.3. The molecule has 0 heterocycles. The average Bonchev–Trinajstić information content (AvgIpc) is 2.51. The molecule has 2 aromatic rings. The zero-order valence-corrected chi connectivity index (χ0v) is 11.7. The van der Waals surface area contributed by atoms with E-state index < -0.39 is 11.6 Å². The minimum Gasteiger partial charge on any atom is -0.454 e. The summed E-state index contributed by atoms with van der Waals surface area (Å²) in [5, 5.41) is 11.3. The van der Waals surface area contributed by atoms with Gasteiger partial charge in [0.1, 0.15) is 11.6 Å². The third kappa shape index (κ3) is 4.26. The van der Waals surface area contributed by atoms with Crippen LogP contribution in [0.15, 0.2) is 42.5 Å². The molecule has 2 rings (SSSR count). The van der Waals surface area contributed by atoms with E-state index in [1.165, 1.54) is 30.3 Å². The van der Waals surface area contributed by atoms with Crippen LogP contribution < -0.4 is 10.1 Å². The van der Waals surface area contributed by atoms with E-state index in [2.05, 4.69) is 5.32 Å². The number of benzene rings is 2. The topological polar surface area (TPSA) is 58.6 Å². The predicted octanol–water partition coefficient (Wildman–Crippen LogP) is 2.87. The lowest BCUT2D eigenvalue weighted by atomic mass is 10.2. The number of amides is 1. The van der Waals surface area contributed by atoms with E-state index in [1.807, 2.05) is 0 Å². The summed E-state index contributed by atoms with van der Waals surface area (Å²) in [6.45, 7) is 0.394. The first-order valence-electron chi connectivity index (χ1n) is 6.72. The Bertz CT molecular complexity index is 644. The lowest BCUT2D eigenvalue weighted by molar-refractivity contribution is 0.0951. The van der Waals surface area contributed by atoms with Crippen LogP contribution in [0.25, 0.3) is 0 Å². The van der Waals surface area contributed by atoms with E-state index in [-0.39, 0.29) is 18.3 Å². The third-order valence-electron chi connectivity index (χ3n) is 2.86. The number of hydrogen-bond donors (Lipinski definition) is 2. The van der Waals surface area contributed by atoms with Crippen molar-refractivity contribution in [2.45, 2.75) is 6.42 Å². The summed E-state index contributed by atoms with van der Waals surface area (Å²) in [6, 6.07) is 9.13. The predicted molar refractivity (Wildman–Crippen MR) is 76.9 cm³/mol. The standard InChI is InChI=1S/C16H15F2NO3/c17-12-4-7-15(14(18)10-12)22-13-5-2-11(3-6-13)16(21)19-8-1-9-20/h2-7,10,20H,1,8-9H2,(H,19,21). The Morgan fingerprint density at radius 1 is 1.14 bits per heavy atom. The van der Waals surface area contributed by atoms with Crippen molar-refractivity contribution in [3.05, 3.63) is 59.7 Å². The molecule has 0 atom stereocenters.